The van der Waals surface area contributed by atoms with Gasteiger partial charge < -0.3 is 9.64 Å². The minimum atomic E-state index is -0.329. The van der Waals surface area contributed by atoms with Crippen LogP contribution in [0, 0.1) is 5.82 Å². The molecule has 6 rings (SSSR count). The van der Waals surface area contributed by atoms with E-state index in [1.54, 1.807) is 47.5 Å². The third kappa shape index (κ3) is 3.85. The Bertz CT molecular complexity index is 1410. The number of benzene rings is 1. The Hall–Kier alpha value is -3.72. The topological polar surface area (TPSA) is 86.0 Å². The van der Waals surface area contributed by atoms with Crippen LogP contribution in [0.1, 0.15) is 48.8 Å². The van der Waals surface area contributed by atoms with Crippen molar-refractivity contribution in [3.05, 3.63) is 66.1 Å². The van der Waals surface area contributed by atoms with Crippen molar-refractivity contribution in [1.29, 1.82) is 0 Å². The van der Waals surface area contributed by atoms with E-state index < -0.39 is 0 Å². The molecule has 8 nitrogen and oxygen atoms in total. The minimum absolute atomic E-state index is 0.0371. The fourth-order valence-electron chi connectivity index (χ4n) is 4.76. The fourth-order valence-corrected chi connectivity index (χ4v) is 4.76. The van der Waals surface area contributed by atoms with Gasteiger partial charge in [0.05, 0.1) is 36.5 Å². The zero-order valence-corrected chi connectivity index (χ0v) is 19.6. The van der Waals surface area contributed by atoms with E-state index >= 15 is 0 Å². The molecule has 1 saturated carbocycles. The third-order valence-corrected chi connectivity index (χ3v) is 6.69. The first kappa shape index (κ1) is 21.8. The summed E-state index contributed by atoms with van der Waals surface area (Å²) in [6.45, 7) is 4.97. The molecule has 35 heavy (non-hydrogen) atoms. The SMILES string of the molecule is CC1COCC(C)N1C(=O)c1cc2c(cn1)c(C1CC1)nn2-c1ncc(-c2ccccc2F)cn1. The zero-order valence-electron chi connectivity index (χ0n) is 19.6. The standard InChI is InChI=1S/C26H25FN6O2/c1-15-13-35-14-16(2)32(15)25(34)22-9-23-20(12-28-22)24(17-7-8-17)31-33(23)26-29-10-18(11-30-26)19-5-3-4-6-21(19)27/h3-6,9-12,15-17H,7-8,13-14H2,1-2H3. The number of carbonyl (C=O) groups excluding carboxylic acids is 1. The van der Waals surface area contributed by atoms with Gasteiger partial charge in [-0.25, -0.2) is 14.4 Å². The summed E-state index contributed by atoms with van der Waals surface area (Å²) in [5, 5.41) is 5.71. The highest BCUT2D eigenvalue weighted by atomic mass is 19.1. The second kappa shape index (κ2) is 8.49. The van der Waals surface area contributed by atoms with Crippen molar-refractivity contribution in [1.82, 2.24) is 29.6 Å². The van der Waals surface area contributed by atoms with Crippen LogP contribution in [0.25, 0.3) is 28.0 Å². The van der Waals surface area contributed by atoms with Gasteiger partial charge in [0, 0.05) is 41.0 Å². The summed E-state index contributed by atoms with van der Waals surface area (Å²) in [7, 11) is 0. The van der Waals surface area contributed by atoms with Gasteiger partial charge >= 0.3 is 0 Å². The number of morpholine rings is 1. The summed E-state index contributed by atoms with van der Waals surface area (Å²) in [5.41, 5.74) is 3.05. The summed E-state index contributed by atoms with van der Waals surface area (Å²) < 4.78 is 21.5. The van der Waals surface area contributed by atoms with E-state index in [0.717, 1.165) is 29.4 Å². The predicted octanol–water partition coefficient (Wildman–Crippen LogP) is 4.14. The molecule has 2 atom stereocenters. The Morgan fingerprint density at radius 1 is 1.03 bits per heavy atom. The average Bonchev–Trinajstić information content (AvgIpc) is 3.64. The first-order chi connectivity index (χ1) is 17.0. The van der Waals surface area contributed by atoms with E-state index in [0.29, 0.717) is 41.9 Å². The Morgan fingerprint density at radius 3 is 2.43 bits per heavy atom. The van der Waals surface area contributed by atoms with Crippen molar-refractivity contribution in [2.75, 3.05) is 13.2 Å². The van der Waals surface area contributed by atoms with Crippen molar-refractivity contribution < 1.29 is 13.9 Å². The van der Waals surface area contributed by atoms with E-state index in [2.05, 4.69) is 15.0 Å². The van der Waals surface area contributed by atoms with E-state index in [9.17, 15) is 9.18 Å². The molecule has 1 aromatic carbocycles. The van der Waals surface area contributed by atoms with Crippen LogP contribution >= 0.6 is 0 Å². The molecule has 2 fully saturated rings. The molecule has 4 aromatic rings. The smallest absolute Gasteiger partial charge is 0.273 e. The van der Waals surface area contributed by atoms with Gasteiger partial charge in [0.25, 0.3) is 11.9 Å². The molecule has 1 aliphatic carbocycles. The predicted molar refractivity (Wildman–Crippen MR) is 128 cm³/mol. The second-order valence-electron chi connectivity index (χ2n) is 9.36. The molecule has 1 saturated heterocycles. The van der Waals surface area contributed by atoms with Crippen LogP contribution in [0.15, 0.2) is 48.9 Å². The quantitative estimate of drug-likeness (QED) is 0.444. The highest BCUT2D eigenvalue weighted by molar-refractivity contribution is 5.97. The highest BCUT2D eigenvalue weighted by Crippen LogP contribution is 2.42. The summed E-state index contributed by atoms with van der Waals surface area (Å²) in [4.78, 5) is 28.7. The first-order valence-electron chi connectivity index (χ1n) is 11.9. The summed E-state index contributed by atoms with van der Waals surface area (Å²) in [5.74, 6) is 0.274. The monoisotopic (exact) mass is 472 g/mol. The van der Waals surface area contributed by atoms with E-state index in [4.69, 9.17) is 9.84 Å². The van der Waals surface area contributed by atoms with Crippen molar-refractivity contribution >= 4 is 16.8 Å². The summed E-state index contributed by atoms with van der Waals surface area (Å²) in [6.07, 6.45) is 7.07. The number of fused-ring (bicyclic) bond motifs is 1. The number of rotatable bonds is 4. The van der Waals surface area contributed by atoms with Gasteiger partial charge in [0.2, 0.25) is 0 Å². The zero-order chi connectivity index (χ0) is 24.1. The average molecular weight is 473 g/mol. The molecule has 4 heterocycles. The molecular weight excluding hydrogens is 447 g/mol. The lowest BCUT2D eigenvalue weighted by molar-refractivity contribution is -0.0252. The van der Waals surface area contributed by atoms with Crippen LogP contribution in [0.3, 0.4) is 0 Å². The number of carbonyl (C=O) groups is 1. The molecule has 0 N–H and O–H groups in total. The van der Waals surface area contributed by atoms with Gasteiger partial charge in [0.15, 0.2) is 0 Å². The molecule has 1 aliphatic heterocycles. The Labute approximate surface area is 201 Å². The number of hydrogen-bond donors (Lipinski definition) is 0. The van der Waals surface area contributed by atoms with E-state index in [1.165, 1.54) is 6.07 Å². The number of nitrogens with zero attached hydrogens (tertiary/aromatic N) is 6. The lowest BCUT2D eigenvalue weighted by Crippen LogP contribution is -2.52. The van der Waals surface area contributed by atoms with Crippen LogP contribution < -0.4 is 0 Å². The van der Waals surface area contributed by atoms with Crippen LogP contribution in [0.4, 0.5) is 4.39 Å². The number of hydrogen-bond acceptors (Lipinski definition) is 6. The normalized spacial score (nSPS) is 20.4. The van der Waals surface area contributed by atoms with Gasteiger partial charge in [-0.15, -0.1) is 0 Å². The maximum absolute atomic E-state index is 14.2. The molecule has 178 valence electrons. The second-order valence-corrected chi connectivity index (χ2v) is 9.36. The van der Waals surface area contributed by atoms with E-state index in [-0.39, 0.29) is 23.8 Å². The molecule has 0 spiro atoms. The van der Waals surface area contributed by atoms with Gasteiger partial charge in [-0.05, 0) is 38.8 Å². The first-order valence-corrected chi connectivity index (χ1v) is 11.9. The number of amides is 1. The minimum Gasteiger partial charge on any atom is -0.377 e. The van der Waals surface area contributed by atoms with Gasteiger partial charge in [-0.2, -0.15) is 9.78 Å². The van der Waals surface area contributed by atoms with Gasteiger partial charge in [-0.3, -0.25) is 9.78 Å². The van der Waals surface area contributed by atoms with Crippen LogP contribution in [0.5, 0.6) is 0 Å². The molecule has 9 heteroatoms. The van der Waals surface area contributed by atoms with Crippen molar-refractivity contribution in [2.24, 2.45) is 0 Å². The molecule has 0 bridgehead atoms. The van der Waals surface area contributed by atoms with Gasteiger partial charge in [-0.1, -0.05) is 18.2 Å². The van der Waals surface area contributed by atoms with Crippen LogP contribution in [0.2, 0.25) is 0 Å². The maximum atomic E-state index is 14.2. The molecule has 3 aromatic heterocycles. The molecule has 2 aliphatic rings. The number of aromatic nitrogens is 5. The van der Waals surface area contributed by atoms with Crippen molar-refractivity contribution in [2.45, 2.75) is 44.7 Å². The van der Waals surface area contributed by atoms with Gasteiger partial charge in [0.1, 0.15) is 11.5 Å². The van der Waals surface area contributed by atoms with Crippen molar-refractivity contribution in [3.63, 3.8) is 0 Å². The number of halogens is 1. The molecule has 2 unspecified atom stereocenters. The highest BCUT2D eigenvalue weighted by Gasteiger charge is 2.33. The van der Waals surface area contributed by atoms with E-state index in [1.807, 2.05) is 18.7 Å². The Kier molecular flexibility index (Phi) is 5.29. The fraction of sp³-hybridized carbons (Fsp3) is 0.346. The Balaban J connectivity index is 1.41. The molecule has 1 amide bonds. The number of pyridine rings is 1. The molecular formula is C26H25FN6O2. The number of ether oxygens (including phenoxy) is 1. The third-order valence-electron chi connectivity index (χ3n) is 6.69. The summed E-state index contributed by atoms with van der Waals surface area (Å²) >= 11 is 0. The van der Waals surface area contributed by atoms with Crippen LogP contribution in [-0.4, -0.2) is 60.8 Å². The Morgan fingerprint density at radius 2 is 1.74 bits per heavy atom. The largest absolute Gasteiger partial charge is 0.377 e. The van der Waals surface area contributed by atoms with Crippen molar-refractivity contribution in [3.8, 4) is 17.1 Å². The lowest BCUT2D eigenvalue weighted by Gasteiger charge is -2.38. The lowest BCUT2D eigenvalue weighted by atomic mass is 10.1. The summed E-state index contributed by atoms with van der Waals surface area (Å²) in [6, 6.07) is 8.23. The maximum Gasteiger partial charge on any atom is 0.273 e. The molecule has 0 radical (unpaired) electrons. The van der Waals surface area contributed by atoms with Crippen LogP contribution in [-0.2, 0) is 4.74 Å².